The highest BCUT2D eigenvalue weighted by Crippen LogP contribution is 2.03. The molecule has 1 aromatic rings. The van der Waals surface area contributed by atoms with Crippen molar-refractivity contribution >= 4 is 0 Å². The van der Waals surface area contributed by atoms with E-state index in [-0.39, 0.29) is 0 Å². The van der Waals surface area contributed by atoms with Gasteiger partial charge in [0.1, 0.15) is 6.17 Å². The van der Waals surface area contributed by atoms with Gasteiger partial charge in [0.25, 0.3) is 0 Å². The fourth-order valence-corrected chi connectivity index (χ4v) is 1.13. The predicted molar refractivity (Wildman–Crippen MR) is 45.7 cm³/mol. The van der Waals surface area contributed by atoms with Crippen LogP contribution in [0.2, 0.25) is 0 Å². The smallest absolute Gasteiger partial charge is 0.117 e. The van der Waals surface area contributed by atoms with Gasteiger partial charge >= 0.3 is 0 Å². The quantitative estimate of drug-likeness (QED) is 0.715. The molecule has 0 amide bonds. The normalized spacial score (nSPS) is 13.2. The molecule has 12 heavy (non-hydrogen) atoms. The molecule has 1 N–H and O–H groups in total. The SMILES string of the molecule is CNCC(F)Cc1cnn(C)c1. The summed E-state index contributed by atoms with van der Waals surface area (Å²) in [5.41, 5.74) is 0.945. The summed E-state index contributed by atoms with van der Waals surface area (Å²) in [6, 6.07) is 0. The van der Waals surface area contributed by atoms with Crippen LogP contribution in [0.5, 0.6) is 0 Å². The molecule has 1 atom stereocenters. The molecule has 0 aliphatic carbocycles. The molecule has 0 aromatic carbocycles. The van der Waals surface area contributed by atoms with Crippen LogP contribution in [0.1, 0.15) is 5.56 Å². The number of aromatic nitrogens is 2. The molecule has 3 nitrogen and oxygen atoms in total. The van der Waals surface area contributed by atoms with Gasteiger partial charge in [-0.3, -0.25) is 4.68 Å². The molecule has 0 saturated heterocycles. The van der Waals surface area contributed by atoms with Crippen molar-refractivity contribution in [3.05, 3.63) is 18.0 Å². The lowest BCUT2D eigenvalue weighted by Crippen LogP contribution is -2.21. The Morgan fingerprint density at radius 3 is 3.00 bits per heavy atom. The Morgan fingerprint density at radius 2 is 2.50 bits per heavy atom. The number of rotatable bonds is 4. The summed E-state index contributed by atoms with van der Waals surface area (Å²) in [6.07, 6.45) is 3.15. The first-order valence-corrected chi connectivity index (χ1v) is 3.98. The van der Waals surface area contributed by atoms with Crippen LogP contribution in [0.3, 0.4) is 0 Å². The summed E-state index contributed by atoms with van der Waals surface area (Å²) >= 11 is 0. The molecular formula is C8H14FN3. The summed E-state index contributed by atoms with van der Waals surface area (Å²) < 4.78 is 14.7. The number of hydrogen-bond donors (Lipinski definition) is 1. The molecule has 1 heterocycles. The van der Waals surface area contributed by atoms with Crippen LogP contribution in [0, 0.1) is 0 Å². The number of aryl methyl sites for hydroxylation is 1. The maximum atomic E-state index is 13.0. The van der Waals surface area contributed by atoms with E-state index in [0.717, 1.165) is 5.56 Å². The number of hydrogen-bond acceptors (Lipinski definition) is 2. The maximum Gasteiger partial charge on any atom is 0.117 e. The van der Waals surface area contributed by atoms with E-state index in [9.17, 15) is 4.39 Å². The van der Waals surface area contributed by atoms with Crippen molar-refractivity contribution in [1.82, 2.24) is 15.1 Å². The van der Waals surface area contributed by atoms with E-state index < -0.39 is 6.17 Å². The van der Waals surface area contributed by atoms with Crippen molar-refractivity contribution in [2.45, 2.75) is 12.6 Å². The second kappa shape index (κ2) is 4.21. The van der Waals surface area contributed by atoms with Crippen LogP contribution < -0.4 is 5.32 Å². The zero-order valence-corrected chi connectivity index (χ0v) is 7.42. The molecular weight excluding hydrogens is 157 g/mol. The minimum absolute atomic E-state index is 0.398. The lowest BCUT2D eigenvalue weighted by molar-refractivity contribution is 0.324. The topological polar surface area (TPSA) is 29.9 Å². The minimum Gasteiger partial charge on any atom is -0.317 e. The van der Waals surface area contributed by atoms with Gasteiger partial charge in [-0.25, -0.2) is 4.39 Å². The van der Waals surface area contributed by atoms with E-state index in [4.69, 9.17) is 0 Å². The van der Waals surface area contributed by atoms with E-state index in [1.54, 1.807) is 17.9 Å². The average molecular weight is 171 g/mol. The van der Waals surface area contributed by atoms with Crippen molar-refractivity contribution in [2.24, 2.45) is 7.05 Å². The molecule has 0 radical (unpaired) electrons. The first-order valence-electron chi connectivity index (χ1n) is 3.98. The van der Waals surface area contributed by atoms with Gasteiger partial charge in [0.2, 0.25) is 0 Å². The third-order valence-electron chi connectivity index (χ3n) is 1.64. The largest absolute Gasteiger partial charge is 0.317 e. The molecule has 0 spiro atoms. The third kappa shape index (κ3) is 2.62. The predicted octanol–water partition coefficient (Wildman–Crippen LogP) is 0.520. The number of alkyl halides is 1. The average Bonchev–Trinajstić information content (AvgIpc) is 2.36. The fourth-order valence-electron chi connectivity index (χ4n) is 1.13. The Kier molecular flexibility index (Phi) is 3.22. The lowest BCUT2D eigenvalue weighted by Gasteiger charge is -2.04. The van der Waals surface area contributed by atoms with Gasteiger partial charge in [-0.1, -0.05) is 0 Å². The van der Waals surface area contributed by atoms with Gasteiger partial charge in [-0.05, 0) is 12.6 Å². The molecule has 68 valence electrons. The van der Waals surface area contributed by atoms with Gasteiger partial charge in [0.05, 0.1) is 6.20 Å². The van der Waals surface area contributed by atoms with Crippen molar-refractivity contribution in [2.75, 3.05) is 13.6 Å². The van der Waals surface area contributed by atoms with E-state index in [1.807, 2.05) is 13.2 Å². The highest BCUT2D eigenvalue weighted by Gasteiger charge is 2.06. The summed E-state index contributed by atoms with van der Waals surface area (Å²) in [5.74, 6) is 0. The Bertz CT molecular complexity index is 234. The third-order valence-corrected chi connectivity index (χ3v) is 1.64. The van der Waals surface area contributed by atoms with Crippen LogP contribution in [0.15, 0.2) is 12.4 Å². The summed E-state index contributed by atoms with van der Waals surface area (Å²) in [5, 5.41) is 6.75. The summed E-state index contributed by atoms with van der Waals surface area (Å²) in [6.45, 7) is 0.398. The van der Waals surface area contributed by atoms with Crippen LogP contribution in [0.25, 0.3) is 0 Å². The Morgan fingerprint density at radius 1 is 1.75 bits per heavy atom. The number of nitrogens with zero attached hydrogens (tertiary/aromatic N) is 2. The van der Waals surface area contributed by atoms with Gasteiger partial charge in [0, 0.05) is 26.2 Å². The van der Waals surface area contributed by atoms with Crippen molar-refractivity contribution in [3.8, 4) is 0 Å². The first-order chi connectivity index (χ1) is 5.72. The van der Waals surface area contributed by atoms with Crippen LogP contribution >= 0.6 is 0 Å². The van der Waals surface area contributed by atoms with Gasteiger partial charge in [-0.15, -0.1) is 0 Å². The van der Waals surface area contributed by atoms with Crippen LogP contribution in [-0.4, -0.2) is 29.5 Å². The number of nitrogens with one attached hydrogen (secondary N) is 1. The molecule has 4 heteroatoms. The monoisotopic (exact) mass is 171 g/mol. The van der Waals surface area contributed by atoms with Crippen molar-refractivity contribution in [3.63, 3.8) is 0 Å². The summed E-state index contributed by atoms with van der Waals surface area (Å²) in [4.78, 5) is 0. The molecule has 0 aliphatic rings. The zero-order chi connectivity index (χ0) is 8.97. The van der Waals surface area contributed by atoms with Crippen molar-refractivity contribution < 1.29 is 4.39 Å². The molecule has 1 rings (SSSR count). The van der Waals surface area contributed by atoms with E-state index in [0.29, 0.717) is 13.0 Å². The number of halogens is 1. The first kappa shape index (κ1) is 9.19. The van der Waals surface area contributed by atoms with Gasteiger partial charge in [-0.2, -0.15) is 5.10 Å². The van der Waals surface area contributed by atoms with E-state index in [2.05, 4.69) is 10.4 Å². The molecule has 0 aliphatic heterocycles. The Balaban J connectivity index is 2.41. The van der Waals surface area contributed by atoms with Gasteiger partial charge in [0.15, 0.2) is 0 Å². The fraction of sp³-hybridized carbons (Fsp3) is 0.625. The molecule has 0 bridgehead atoms. The Hall–Kier alpha value is -0.900. The molecule has 1 aromatic heterocycles. The lowest BCUT2D eigenvalue weighted by atomic mass is 10.2. The molecule has 0 fully saturated rings. The zero-order valence-electron chi connectivity index (χ0n) is 7.42. The van der Waals surface area contributed by atoms with Crippen LogP contribution in [0.4, 0.5) is 4.39 Å². The summed E-state index contributed by atoms with van der Waals surface area (Å²) in [7, 11) is 3.57. The minimum atomic E-state index is -0.820. The standard InChI is InChI=1S/C8H14FN3/c1-10-5-8(9)3-7-4-11-12(2)6-7/h4,6,8,10H,3,5H2,1-2H3. The second-order valence-corrected chi connectivity index (χ2v) is 2.88. The maximum absolute atomic E-state index is 13.0. The highest BCUT2D eigenvalue weighted by molar-refractivity contribution is 5.05. The molecule has 1 unspecified atom stereocenters. The van der Waals surface area contributed by atoms with Crippen molar-refractivity contribution in [1.29, 1.82) is 0 Å². The van der Waals surface area contributed by atoms with Crippen LogP contribution in [-0.2, 0) is 13.5 Å². The van der Waals surface area contributed by atoms with Gasteiger partial charge < -0.3 is 5.32 Å². The molecule has 0 saturated carbocycles. The van der Waals surface area contributed by atoms with E-state index in [1.165, 1.54) is 0 Å². The second-order valence-electron chi connectivity index (χ2n) is 2.88. The van der Waals surface area contributed by atoms with E-state index >= 15 is 0 Å². The highest BCUT2D eigenvalue weighted by atomic mass is 19.1. The Labute approximate surface area is 71.6 Å².